The van der Waals surface area contributed by atoms with Gasteiger partial charge in [-0.2, -0.15) is 0 Å². The average molecular weight is 253 g/mol. The fourth-order valence-corrected chi connectivity index (χ4v) is 2.17. The molecule has 0 aliphatic carbocycles. The number of benzene rings is 1. The third kappa shape index (κ3) is 4.07. The predicted molar refractivity (Wildman–Crippen MR) is 73.4 cm³/mol. The highest BCUT2D eigenvalue weighted by molar-refractivity contribution is 5.34. The smallest absolute Gasteiger partial charge is 0.128 e. The van der Waals surface area contributed by atoms with Crippen LogP contribution in [0.25, 0.3) is 0 Å². The van der Waals surface area contributed by atoms with Crippen LogP contribution in [0, 0.1) is 19.7 Å². The van der Waals surface area contributed by atoms with Crippen LogP contribution in [0.2, 0.25) is 0 Å². The molecule has 0 bridgehead atoms. The minimum atomic E-state index is -0.138. The van der Waals surface area contributed by atoms with Gasteiger partial charge in [0.05, 0.1) is 12.6 Å². The first-order valence-electron chi connectivity index (χ1n) is 6.67. The summed E-state index contributed by atoms with van der Waals surface area (Å²) in [6.45, 7) is 9.95. The number of rotatable bonds is 7. The molecule has 0 aliphatic heterocycles. The molecule has 18 heavy (non-hydrogen) atoms. The second-order valence-electron chi connectivity index (χ2n) is 4.64. The fourth-order valence-electron chi connectivity index (χ4n) is 2.17. The predicted octanol–water partition coefficient (Wildman–Crippen LogP) is 3.52. The molecule has 0 radical (unpaired) electrons. The first kappa shape index (κ1) is 15.1. The third-order valence-corrected chi connectivity index (χ3v) is 2.96. The Morgan fingerprint density at radius 1 is 1.28 bits per heavy atom. The van der Waals surface area contributed by atoms with E-state index in [0.717, 1.165) is 29.7 Å². The highest BCUT2D eigenvalue weighted by Crippen LogP contribution is 2.23. The molecule has 1 aromatic carbocycles. The Bertz CT molecular complexity index is 348. The zero-order valence-corrected chi connectivity index (χ0v) is 11.8. The van der Waals surface area contributed by atoms with E-state index in [-0.39, 0.29) is 11.9 Å². The normalized spacial score (nSPS) is 12.7. The van der Waals surface area contributed by atoms with E-state index < -0.39 is 0 Å². The van der Waals surface area contributed by atoms with Crippen molar-refractivity contribution < 1.29 is 9.13 Å². The quantitative estimate of drug-likeness (QED) is 0.802. The Hall–Kier alpha value is -0.930. The lowest BCUT2D eigenvalue weighted by molar-refractivity contribution is 0.121. The largest absolute Gasteiger partial charge is 0.380 e. The van der Waals surface area contributed by atoms with Crippen molar-refractivity contribution in [2.24, 2.45) is 0 Å². The van der Waals surface area contributed by atoms with E-state index in [1.807, 2.05) is 26.8 Å². The van der Waals surface area contributed by atoms with Crippen LogP contribution in [0.4, 0.5) is 4.39 Å². The zero-order chi connectivity index (χ0) is 13.5. The highest BCUT2D eigenvalue weighted by Gasteiger charge is 2.18. The molecule has 0 saturated carbocycles. The SMILES string of the molecule is CCCNC(COCC)c1c(C)cc(C)cc1F. The lowest BCUT2D eigenvalue weighted by Crippen LogP contribution is -2.28. The number of aryl methyl sites for hydroxylation is 2. The van der Waals surface area contributed by atoms with Gasteiger partial charge in [-0.15, -0.1) is 0 Å². The monoisotopic (exact) mass is 253 g/mol. The van der Waals surface area contributed by atoms with Gasteiger partial charge < -0.3 is 10.1 Å². The summed E-state index contributed by atoms with van der Waals surface area (Å²) in [5.41, 5.74) is 2.68. The highest BCUT2D eigenvalue weighted by atomic mass is 19.1. The summed E-state index contributed by atoms with van der Waals surface area (Å²) in [6, 6.07) is 3.55. The van der Waals surface area contributed by atoms with E-state index in [1.54, 1.807) is 6.07 Å². The Kier molecular flexibility index (Phi) is 6.30. The molecule has 1 N–H and O–H groups in total. The van der Waals surface area contributed by atoms with Gasteiger partial charge in [-0.25, -0.2) is 4.39 Å². The lowest BCUT2D eigenvalue weighted by atomic mass is 9.98. The van der Waals surface area contributed by atoms with Gasteiger partial charge in [0.1, 0.15) is 5.82 Å². The van der Waals surface area contributed by atoms with Crippen LogP contribution in [-0.2, 0) is 4.74 Å². The van der Waals surface area contributed by atoms with E-state index in [1.165, 1.54) is 0 Å². The summed E-state index contributed by atoms with van der Waals surface area (Å²) in [5.74, 6) is -0.138. The van der Waals surface area contributed by atoms with E-state index in [4.69, 9.17) is 4.74 Å². The number of nitrogens with one attached hydrogen (secondary N) is 1. The van der Waals surface area contributed by atoms with Crippen molar-refractivity contribution in [2.45, 2.75) is 40.2 Å². The molecule has 1 aromatic rings. The van der Waals surface area contributed by atoms with Gasteiger partial charge in [-0.3, -0.25) is 0 Å². The zero-order valence-electron chi connectivity index (χ0n) is 11.8. The molecule has 0 aromatic heterocycles. The van der Waals surface area contributed by atoms with Gasteiger partial charge in [0, 0.05) is 12.2 Å². The molecule has 3 heteroatoms. The number of hydrogen-bond donors (Lipinski definition) is 1. The molecule has 1 unspecified atom stereocenters. The maximum absolute atomic E-state index is 14.1. The van der Waals surface area contributed by atoms with Crippen molar-refractivity contribution in [1.29, 1.82) is 0 Å². The van der Waals surface area contributed by atoms with E-state index >= 15 is 0 Å². The Morgan fingerprint density at radius 2 is 2.00 bits per heavy atom. The van der Waals surface area contributed by atoms with Crippen LogP contribution in [0.3, 0.4) is 0 Å². The summed E-state index contributed by atoms with van der Waals surface area (Å²) in [4.78, 5) is 0. The maximum Gasteiger partial charge on any atom is 0.128 e. The molecule has 1 atom stereocenters. The molecular weight excluding hydrogens is 229 g/mol. The van der Waals surface area contributed by atoms with E-state index in [0.29, 0.717) is 13.2 Å². The van der Waals surface area contributed by atoms with Crippen LogP contribution < -0.4 is 5.32 Å². The third-order valence-electron chi connectivity index (χ3n) is 2.96. The van der Waals surface area contributed by atoms with Crippen molar-refractivity contribution in [3.8, 4) is 0 Å². The van der Waals surface area contributed by atoms with Gasteiger partial charge in [0.2, 0.25) is 0 Å². The summed E-state index contributed by atoms with van der Waals surface area (Å²) in [5, 5.41) is 3.36. The maximum atomic E-state index is 14.1. The fraction of sp³-hybridized carbons (Fsp3) is 0.600. The van der Waals surface area contributed by atoms with Gasteiger partial charge in [-0.05, 0) is 50.9 Å². The summed E-state index contributed by atoms with van der Waals surface area (Å²) in [7, 11) is 0. The Labute approximate surface area is 110 Å². The van der Waals surface area contributed by atoms with Crippen LogP contribution in [0.1, 0.15) is 43.0 Å². The molecule has 1 rings (SSSR count). The summed E-state index contributed by atoms with van der Waals surface area (Å²) < 4.78 is 19.6. The van der Waals surface area contributed by atoms with Crippen molar-refractivity contribution in [2.75, 3.05) is 19.8 Å². The van der Waals surface area contributed by atoms with Crippen molar-refractivity contribution in [3.05, 3.63) is 34.6 Å². The molecule has 0 saturated heterocycles. The van der Waals surface area contributed by atoms with Crippen LogP contribution in [0.15, 0.2) is 12.1 Å². The van der Waals surface area contributed by atoms with Crippen molar-refractivity contribution in [1.82, 2.24) is 5.32 Å². The van der Waals surface area contributed by atoms with Crippen molar-refractivity contribution in [3.63, 3.8) is 0 Å². The van der Waals surface area contributed by atoms with Gasteiger partial charge >= 0.3 is 0 Å². The topological polar surface area (TPSA) is 21.3 Å². The van der Waals surface area contributed by atoms with Crippen LogP contribution in [-0.4, -0.2) is 19.8 Å². The second-order valence-corrected chi connectivity index (χ2v) is 4.64. The van der Waals surface area contributed by atoms with Crippen LogP contribution >= 0.6 is 0 Å². The number of hydrogen-bond acceptors (Lipinski definition) is 2. The minimum absolute atomic E-state index is 0.0644. The molecule has 2 nitrogen and oxygen atoms in total. The standard InChI is InChI=1S/C15H24FNO/c1-5-7-17-14(10-18-6-2)15-12(4)8-11(3)9-13(15)16/h8-9,14,17H,5-7,10H2,1-4H3. The average Bonchev–Trinajstić information content (AvgIpc) is 2.30. The molecule has 0 heterocycles. The minimum Gasteiger partial charge on any atom is -0.380 e. The Balaban J connectivity index is 2.95. The Morgan fingerprint density at radius 3 is 2.56 bits per heavy atom. The summed E-state index contributed by atoms with van der Waals surface area (Å²) >= 11 is 0. The van der Waals surface area contributed by atoms with Gasteiger partial charge in [-0.1, -0.05) is 13.0 Å². The molecule has 0 amide bonds. The second kappa shape index (κ2) is 7.49. The first-order chi connectivity index (χ1) is 8.60. The molecule has 102 valence electrons. The molecule has 0 spiro atoms. The van der Waals surface area contributed by atoms with Gasteiger partial charge in [0.25, 0.3) is 0 Å². The molecular formula is C15H24FNO. The molecule has 0 fully saturated rings. The lowest BCUT2D eigenvalue weighted by Gasteiger charge is -2.21. The van der Waals surface area contributed by atoms with Crippen LogP contribution in [0.5, 0.6) is 0 Å². The van der Waals surface area contributed by atoms with E-state index in [9.17, 15) is 4.39 Å². The van der Waals surface area contributed by atoms with Gasteiger partial charge in [0.15, 0.2) is 0 Å². The number of ether oxygens (including phenoxy) is 1. The first-order valence-corrected chi connectivity index (χ1v) is 6.67. The van der Waals surface area contributed by atoms with Crippen molar-refractivity contribution >= 4 is 0 Å². The number of halogens is 1. The van der Waals surface area contributed by atoms with E-state index in [2.05, 4.69) is 12.2 Å². The summed E-state index contributed by atoms with van der Waals surface area (Å²) in [6.07, 6.45) is 1.02. The molecule has 0 aliphatic rings.